The lowest BCUT2D eigenvalue weighted by molar-refractivity contribution is 0.147. The summed E-state index contributed by atoms with van der Waals surface area (Å²) in [5.41, 5.74) is 0. The summed E-state index contributed by atoms with van der Waals surface area (Å²) >= 11 is 0. The first-order valence-corrected chi connectivity index (χ1v) is 6.98. The van der Waals surface area contributed by atoms with Crippen LogP contribution < -0.4 is 0 Å². The Labute approximate surface area is 99.6 Å². The molecule has 0 aromatic rings. The zero-order valence-electron chi connectivity index (χ0n) is 10.3. The van der Waals surface area contributed by atoms with E-state index in [9.17, 15) is 0 Å². The zero-order chi connectivity index (χ0) is 11.2. The second kappa shape index (κ2) is 6.25. The van der Waals surface area contributed by atoms with E-state index in [4.69, 9.17) is 5.26 Å². The van der Waals surface area contributed by atoms with Crippen molar-refractivity contribution in [1.82, 2.24) is 4.90 Å². The van der Waals surface area contributed by atoms with Crippen molar-refractivity contribution in [2.45, 2.75) is 51.4 Å². The lowest BCUT2D eigenvalue weighted by Crippen LogP contribution is -2.37. The number of nitrogens with zero attached hydrogens (tertiary/aromatic N) is 2. The minimum atomic E-state index is 0.688. The van der Waals surface area contributed by atoms with Gasteiger partial charge in [-0.15, -0.1) is 0 Å². The Morgan fingerprint density at radius 1 is 0.938 bits per heavy atom. The molecule has 2 rings (SSSR count). The van der Waals surface area contributed by atoms with E-state index in [1.54, 1.807) is 0 Å². The fraction of sp³-hybridized carbons (Fsp3) is 0.929. The summed E-state index contributed by atoms with van der Waals surface area (Å²) in [4.78, 5) is 2.64. The molecule has 1 saturated heterocycles. The number of likely N-dealkylation sites (tertiary alicyclic amines) is 1. The Morgan fingerprint density at radius 3 is 2.25 bits per heavy atom. The van der Waals surface area contributed by atoms with Crippen molar-refractivity contribution in [2.24, 2.45) is 11.8 Å². The van der Waals surface area contributed by atoms with Gasteiger partial charge in [-0.3, -0.25) is 0 Å². The highest BCUT2D eigenvalue weighted by Gasteiger charge is 2.22. The molecule has 2 heteroatoms. The van der Waals surface area contributed by atoms with E-state index < -0.39 is 0 Å². The third-order valence-electron chi connectivity index (χ3n) is 4.33. The average molecular weight is 220 g/mol. The maximum atomic E-state index is 8.68. The van der Waals surface area contributed by atoms with Gasteiger partial charge in [0, 0.05) is 13.0 Å². The summed E-state index contributed by atoms with van der Waals surface area (Å²) in [6.45, 7) is 3.81. The number of rotatable bonds is 3. The minimum absolute atomic E-state index is 0.688. The van der Waals surface area contributed by atoms with Crippen LogP contribution >= 0.6 is 0 Å². The van der Waals surface area contributed by atoms with E-state index in [0.717, 1.165) is 12.3 Å². The predicted octanol–water partition coefficient (Wildman–Crippen LogP) is 3.19. The van der Waals surface area contributed by atoms with Crippen molar-refractivity contribution < 1.29 is 0 Å². The molecule has 0 aromatic heterocycles. The van der Waals surface area contributed by atoms with Crippen LogP contribution in [0.25, 0.3) is 0 Å². The largest absolute Gasteiger partial charge is 0.303 e. The van der Waals surface area contributed by atoms with Gasteiger partial charge in [0.05, 0.1) is 6.07 Å². The first-order chi connectivity index (χ1) is 7.88. The first kappa shape index (κ1) is 11.9. The van der Waals surface area contributed by atoms with E-state index in [1.807, 2.05) is 0 Å². The quantitative estimate of drug-likeness (QED) is 0.730. The van der Waals surface area contributed by atoms with Crippen LogP contribution in [-0.2, 0) is 0 Å². The molecule has 0 bridgehead atoms. The molecule has 1 aliphatic carbocycles. The zero-order valence-corrected chi connectivity index (χ0v) is 10.3. The fourth-order valence-electron chi connectivity index (χ4n) is 3.24. The van der Waals surface area contributed by atoms with E-state index in [-0.39, 0.29) is 0 Å². The third-order valence-corrected chi connectivity index (χ3v) is 4.33. The second-order valence-corrected chi connectivity index (χ2v) is 5.61. The summed E-state index contributed by atoms with van der Waals surface area (Å²) in [7, 11) is 0. The standard InChI is InChI=1S/C14H24N2/c15-9-6-13-7-10-16(11-8-13)12-14-4-2-1-3-5-14/h13-14H,1-8,10-12H2. The average Bonchev–Trinajstić information content (AvgIpc) is 2.33. The van der Waals surface area contributed by atoms with Crippen LogP contribution in [0.5, 0.6) is 0 Å². The molecule has 1 aliphatic heterocycles. The van der Waals surface area contributed by atoms with Gasteiger partial charge in [0.1, 0.15) is 0 Å². The first-order valence-electron chi connectivity index (χ1n) is 6.98. The Bertz CT molecular complexity index is 230. The van der Waals surface area contributed by atoms with Gasteiger partial charge in [-0.2, -0.15) is 5.26 Å². The normalized spacial score (nSPS) is 25.4. The summed E-state index contributed by atoms with van der Waals surface area (Å²) in [5, 5.41) is 8.68. The summed E-state index contributed by atoms with van der Waals surface area (Å²) in [6, 6.07) is 2.32. The summed E-state index contributed by atoms with van der Waals surface area (Å²) in [6.07, 6.45) is 10.6. The van der Waals surface area contributed by atoms with Crippen LogP contribution in [0, 0.1) is 23.2 Å². The van der Waals surface area contributed by atoms with Crippen LogP contribution in [0.2, 0.25) is 0 Å². The van der Waals surface area contributed by atoms with E-state index in [2.05, 4.69) is 11.0 Å². The Balaban J connectivity index is 1.66. The maximum absolute atomic E-state index is 8.68. The Hall–Kier alpha value is -0.550. The molecule has 1 saturated carbocycles. The van der Waals surface area contributed by atoms with Crippen molar-refractivity contribution in [1.29, 1.82) is 5.26 Å². The van der Waals surface area contributed by atoms with E-state index >= 15 is 0 Å². The number of nitriles is 1. The third kappa shape index (κ3) is 3.49. The van der Waals surface area contributed by atoms with Crippen LogP contribution in [0.15, 0.2) is 0 Å². The molecule has 0 unspecified atom stereocenters. The molecular weight excluding hydrogens is 196 g/mol. The van der Waals surface area contributed by atoms with Crippen molar-refractivity contribution in [3.8, 4) is 6.07 Å². The fourth-order valence-corrected chi connectivity index (χ4v) is 3.24. The number of hydrogen-bond donors (Lipinski definition) is 0. The van der Waals surface area contributed by atoms with E-state index in [1.165, 1.54) is 64.6 Å². The van der Waals surface area contributed by atoms with Crippen molar-refractivity contribution in [2.75, 3.05) is 19.6 Å². The van der Waals surface area contributed by atoms with Crippen molar-refractivity contribution >= 4 is 0 Å². The lowest BCUT2D eigenvalue weighted by Gasteiger charge is -2.34. The SMILES string of the molecule is N#CCC1CCN(CC2CCCCC2)CC1. The van der Waals surface area contributed by atoms with Crippen molar-refractivity contribution in [3.05, 3.63) is 0 Å². The summed E-state index contributed by atoms with van der Waals surface area (Å²) in [5.74, 6) is 1.66. The summed E-state index contributed by atoms with van der Waals surface area (Å²) < 4.78 is 0. The highest BCUT2D eigenvalue weighted by Crippen LogP contribution is 2.26. The number of hydrogen-bond acceptors (Lipinski definition) is 2. The molecule has 16 heavy (non-hydrogen) atoms. The molecule has 0 N–H and O–H groups in total. The molecule has 0 radical (unpaired) electrons. The predicted molar refractivity (Wildman–Crippen MR) is 66.0 cm³/mol. The second-order valence-electron chi connectivity index (χ2n) is 5.61. The van der Waals surface area contributed by atoms with Crippen LogP contribution in [0.3, 0.4) is 0 Å². The Morgan fingerprint density at radius 2 is 1.62 bits per heavy atom. The molecule has 0 spiro atoms. The van der Waals surface area contributed by atoms with Gasteiger partial charge in [0.2, 0.25) is 0 Å². The van der Waals surface area contributed by atoms with Crippen LogP contribution in [0.4, 0.5) is 0 Å². The van der Waals surface area contributed by atoms with Gasteiger partial charge in [-0.05, 0) is 50.6 Å². The van der Waals surface area contributed by atoms with Gasteiger partial charge in [-0.1, -0.05) is 19.3 Å². The van der Waals surface area contributed by atoms with Gasteiger partial charge in [0.15, 0.2) is 0 Å². The lowest BCUT2D eigenvalue weighted by atomic mass is 9.87. The molecule has 90 valence electrons. The highest BCUT2D eigenvalue weighted by molar-refractivity contribution is 4.81. The Kier molecular flexibility index (Phi) is 4.66. The van der Waals surface area contributed by atoms with Gasteiger partial charge in [0.25, 0.3) is 0 Å². The maximum Gasteiger partial charge on any atom is 0.0624 e. The monoisotopic (exact) mass is 220 g/mol. The van der Waals surface area contributed by atoms with E-state index in [0.29, 0.717) is 5.92 Å². The van der Waals surface area contributed by atoms with Gasteiger partial charge >= 0.3 is 0 Å². The molecule has 1 heterocycles. The van der Waals surface area contributed by atoms with Crippen LogP contribution in [0.1, 0.15) is 51.4 Å². The molecule has 0 amide bonds. The van der Waals surface area contributed by atoms with Crippen LogP contribution in [-0.4, -0.2) is 24.5 Å². The topological polar surface area (TPSA) is 27.0 Å². The molecule has 2 fully saturated rings. The molecule has 2 nitrogen and oxygen atoms in total. The number of piperidine rings is 1. The molecule has 2 aliphatic rings. The van der Waals surface area contributed by atoms with Gasteiger partial charge < -0.3 is 4.90 Å². The van der Waals surface area contributed by atoms with Gasteiger partial charge in [-0.25, -0.2) is 0 Å². The smallest absolute Gasteiger partial charge is 0.0624 e. The molecule has 0 atom stereocenters. The molecule has 0 aromatic carbocycles. The minimum Gasteiger partial charge on any atom is -0.303 e. The molecular formula is C14H24N2. The highest BCUT2D eigenvalue weighted by atomic mass is 15.1. The van der Waals surface area contributed by atoms with Crippen molar-refractivity contribution in [3.63, 3.8) is 0 Å².